The second-order valence-electron chi connectivity index (χ2n) is 5.44. The zero-order valence-corrected chi connectivity index (χ0v) is 14.1. The highest BCUT2D eigenvalue weighted by Crippen LogP contribution is 2.24. The van der Waals surface area contributed by atoms with Crippen molar-refractivity contribution in [3.8, 4) is 0 Å². The highest BCUT2D eigenvalue weighted by molar-refractivity contribution is 6.30. The average molecular weight is 352 g/mol. The predicted molar refractivity (Wildman–Crippen MR) is 98.7 cm³/mol. The topological polar surface area (TPSA) is 82.6 Å². The highest BCUT2D eigenvalue weighted by atomic mass is 35.5. The van der Waals surface area contributed by atoms with Gasteiger partial charge in [0.1, 0.15) is 6.33 Å². The molecule has 2 heterocycles. The number of anilines is 4. The Morgan fingerprint density at radius 3 is 2.92 bits per heavy atom. The minimum atomic E-state index is 0.460. The SMILES string of the molecule is CN(c1cccc(Cl)c1)c1ncnc(Nc2ccc3[nH]ncc3c2)n1. The average Bonchev–Trinajstić information content (AvgIpc) is 3.09. The van der Waals surface area contributed by atoms with Gasteiger partial charge >= 0.3 is 0 Å². The zero-order valence-electron chi connectivity index (χ0n) is 13.3. The molecule has 2 N–H and O–H groups in total. The molecule has 2 aromatic carbocycles. The molecular weight excluding hydrogens is 338 g/mol. The first kappa shape index (κ1) is 15.3. The second-order valence-corrected chi connectivity index (χ2v) is 5.88. The van der Waals surface area contributed by atoms with E-state index in [0.717, 1.165) is 22.3 Å². The summed E-state index contributed by atoms with van der Waals surface area (Å²) in [6.45, 7) is 0. The minimum Gasteiger partial charge on any atom is -0.324 e. The number of halogens is 1. The van der Waals surface area contributed by atoms with E-state index in [4.69, 9.17) is 11.6 Å². The molecule has 0 atom stereocenters. The van der Waals surface area contributed by atoms with E-state index >= 15 is 0 Å². The summed E-state index contributed by atoms with van der Waals surface area (Å²) in [5, 5.41) is 11.8. The molecule has 0 saturated heterocycles. The van der Waals surface area contributed by atoms with Crippen molar-refractivity contribution in [2.24, 2.45) is 0 Å². The van der Waals surface area contributed by atoms with Crippen LogP contribution < -0.4 is 10.2 Å². The van der Waals surface area contributed by atoms with Gasteiger partial charge in [0.2, 0.25) is 11.9 Å². The first-order valence-electron chi connectivity index (χ1n) is 7.57. The number of nitrogens with one attached hydrogen (secondary N) is 2. The summed E-state index contributed by atoms with van der Waals surface area (Å²) in [6.07, 6.45) is 3.24. The Morgan fingerprint density at radius 2 is 2.04 bits per heavy atom. The molecule has 124 valence electrons. The number of aromatic nitrogens is 5. The van der Waals surface area contributed by atoms with Gasteiger partial charge in [-0.1, -0.05) is 17.7 Å². The number of aromatic amines is 1. The van der Waals surface area contributed by atoms with Crippen LogP contribution in [-0.4, -0.2) is 32.2 Å². The molecule has 0 unspecified atom stereocenters. The Morgan fingerprint density at radius 1 is 1.12 bits per heavy atom. The van der Waals surface area contributed by atoms with Gasteiger partial charge in [0.25, 0.3) is 0 Å². The lowest BCUT2D eigenvalue weighted by molar-refractivity contribution is 0.991. The summed E-state index contributed by atoms with van der Waals surface area (Å²) in [7, 11) is 1.88. The van der Waals surface area contributed by atoms with Gasteiger partial charge in [-0.2, -0.15) is 10.1 Å². The highest BCUT2D eigenvalue weighted by Gasteiger charge is 2.09. The molecule has 0 aliphatic rings. The Kier molecular flexibility index (Phi) is 3.91. The van der Waals surface area contributed by atoms with E-state index in [1.165, 1.54) is 6.33 Å². The number of fused-ring (bicyclic) bond motifs is 1. The summed E-state index contributed by atoms with van der Waals surface area (Å²) in [4.78, 5) is 14.7. The van der Waals surface area contributed by atoms with E-state index in [-0.39, 0.29) is 0 Å². The number of H-pyrrole nitrogens is 1. The number of benzene rings is 2. The van der Waals surface area contributed by atoms with Crippen LogP contribution >= 0.6 is 11.6 Å². The molecule has 0 saturated carbocycles. The largest absolute Gasteiger partial charge is 0.324 e. The van der Waals surface area contributed by atoms with E-state index in [1.54, 1.807) is 6.20 Å². The Labute approximate surface area is 148 Å². The number of rotatable bonds is 4. The third-order valence-corrected chi connectivity index (χ3v) is 3.99. The Hall–Kier alpha value is -3.19. The van der Waals surface area contributed by atoms with Crippen molar-refractivity contribution in [2.75, 3.05) is 17.3 Å². The van der Waals surface area contributed by atoms with Gasteiger partial charge in [-0.05, 0) is 36.4 Å². The summed E-state index contributed by atoms with van der Waals surface area (Å²) in [5.41, 5.74) is 2.74. The molecule has 0 aliphatic carbocycles. The van der Waals surface area contributed by atoms with Crippen molar-refractivity contribution in [1.82, 2.24) is 25.1 Å². The van der Waals surface area contributed by atoms with Crippen LogP contribution in [-0.2, 0) is 0 Å². The minimum absolute atomic E-state index is 0.460. The lowest BCUT2D eigenvalue weighted by Crippen LogP contribution is -2.14. The van der Waals surface area contributed by atoms with Crippen molar-refractivity contribution in [2.45, 2.75) is 0 Å². The van der Waals surface area contributed by atoms with Gasteiger partial charge in [-0.25, -0.2) is 9.97 Å². The fraction of sp³-hybridized carbons (Fsp3) is 0.0588. The predicted octanol–water partition coefficient (Wildman–Crippen LogP) is 3.91. The number of nitrogens with zero attached hydrogens (tertiary/aromatic N) is 5. The molecular formula is C17H14ClN7. The van der Waals surface area contributed by atoms with Crippen molar-refractivity contribution in [1.29, 1.82) is 0 Å². The summed E-state index contributed by atoms with van der Waals surface area (Å²) < 4.78 is 0. The summed E-state index contributed by atoms with van der Waals surface area (Å²) >= 11 is 6.05. The second kappa shape index (κ2) is 6.37. The molecule has 0 fully saturated rings. The summed E-state index contributed by atoms with van der Waals surface area (Å²) in [6, 6.07) is 13.4. The van der Waals surface area contributed by atoms with Crippen molar-refractivity contribution in [3.05, 3.63) is 60.0 Å². The van der Waals surface area contributed by atoms with Crippen molar-refractivity contribution in [3.63, 3.8) is 0 Å². The Balaban J connectivity index is 1.60. The van der Waals surface area contributed by atoms with Crippen LogP contribution in [0.5, 0.6) is 0 Å². The maximum atomic E-state index is 6.05. The van der Waals surface area contributed by atoms with Crippen LogP contribution in [0.3, 0.4) is 0 Å². The molecule has 25 heavy (non-hydrogen) atoms. The molecule has 2 aromatic heterocycles. The third-order valence-electron chi connectivity index (χ3n) is 3.75. The van der Waals surface area contributed by atoms with Gasteiger partial charge in [0.05, 0.1) is 11.7 Å². The molecule has 0 radical (unpaired) electrons. The fourth-order valence-corrected chi connectivity index (χ4v) is 2.64. The van der Waals surface area contributed by atoms with Crippen LogP contribution in [0.1, 0.15) is 0 Å². The smallest absolute Gasteiger partial charge is 0.234 e. The molecule has 7 nitrogen and oxygen atoms in total. The van der Waals surface area contributed by atoms with Gasteiger partial charge in [0, 0.05) is 28.8 Å². The zero-order chi connectivity index (χ0) is 17.2. The maximum Gasteiger partial charge on any atom is 0.234 e. The number of hydrogen-bond acceptors (Lipinski definition) is 6. The lowest BCUT2D eigenvalue weighted by Gasteiger charge is -2.17. The quantitative estimate of drug-likeness (QED) is 0.580. The lowest BCUT2D eigenvalue weighted by atomic mass is 10.2. The fourth-order valence-electron chi connectivity index (χ4n) is 2.46. The van der Waals surface area contributed by atoms with Gasteiger partial charge < -0.3 is 10.2 Å². The molecule has 0 spiro atoms. The molecule has 8 heteroatoms. The van der Waals surface area contributed by atoms with Crippen LogP contribution in [0.25, 0.3) is 10.9 Å². The third kappa shape index (κ3) is 3.22. The standard InChI is InChI=1S/C17H14ClN7/c1-25(14-4-2-3-12(18)8-14)17-20-10-19-16(23-17)22-13-5-6-15-11(7-13)9-21-24-15/h2-10H,1H3,(H,21,24)(H,19,20,22,23). The van der Waals surface area contributed by atoms with E-state index in [1.807, 2.05) is 54.4 Å². The monoisotopic (exact) mass is 351 g/mol. The number of hydrogen-bond donors (Lipinski definition) is 2. The van der Waals surface area contributed by atoms with Crippen molar-refractivity contribution >= 4 is 45.8 Å². The maximum absolute atomic E-state index is 6.05. The van der Waals surface area contributed by atoms with E-state index in [0.29, 0.717) is 16.9 Å². The van der Waals surface area contributed by atoms with Crippen molar-refractivity contribution < 1.29 is 0 Å². The van der Waals surface area contributed by atoms with Crippen LogP contribution in [0.2, 0.25) is 5.02 Å². The molecule has 0 amide bonds. The van der Waals surface area contributed by atoms with Crippen LogP contribution in [0.15, 0.2) is 55.0 Å². The normalized spacial score (nSPS) is 10.8. The molecule has 4 aromatic rings. The first-order valence-corrected chi connectivity index (χ1v) is 7.95. The molecule has 0 aliphatic heterocycles. The Bertz CT molecular complexity index is 1030. The van der Waals surface area contributed by atoms with Gasteiger partial charge in [-0.15, -0.1) is 0 Å². The molecule has 4 rings (SSSR count). The van der Waals surface area contributed by atoms with Crippen LogP contribution in [0.4, 0.5) is 23.3 Å². The van der Waals surface area contributed by atoms with E-state index in [2.05, 4.69) is 30.5 Å². The first-order chi connectivity index (χ1) is 12.2. The summed E-state index contributed by atoms with van der Waals surface area (Å²) in [5.74, 6) is 0.978. The van der Waals surface area contributed by atoms with Gasteiger partial charge in [-0.3, -0.25) is 5.10 Å². The van der Waals surface area contributed by atoms with Crippen LogP contribution in [0, 0.1) is 0 Å². The van der Waals surface area contributed by atoms with E-state index < -0.39 is 0 Å². The van der Waals surface area contributed by atoms with Gasteiger partial charge in [0.15, 0.2) is 0 Å². The van der Waals surface area contributed by atoms with E-state index in [9.17, 15) is 0 Å². The molecule has 0 bridgehead atoms.